The summed E-state index contributed by atoms with van der Waals surface area (Å²) in [5, 5.41) is 0. The van der Waals surface area contributed by atoms with Crippen LogP contribution in [0.15, 0.2) is 6.07 Å². The highest BCUT2D eigenvalue weighted by atomic mass is 16.1. The second kappa shape index (κ2) is 5.85. The van der Waals surface area contributed by atoms with E-state index in [1.807, 2.05) is 6.92 Å². The van der Waals surface area contributed by atoms with Crippen molar-refractivity contribution >= 4 is 6.29 Å². The van der Waals surface area contributed by atoms with E-state index in [0.29, 0.717) is 0 Å². The van der Waals surface area contributed by atoms with Gasteiger partial charge in [-0.1, -0.05) is 6.07 Å². The van der Waals surface area contributed by atoms with Crippen molar-refractivity contribution in [2.75, 3.05) is 33.2 Å². The summed E-state index contributed by atoms with van der Waals surface area (Å²) in [6, 6.07) is 2.14. The Bertz CT molecular complexity index is 474. The first-order chi connectivity index (χ1) is 9.02. The number of aldehydes is 1. The van der Waals surface area contributed by atoms with Crippen molar-refractivity contribution in [1.82, 2.24) is 9.80 Å². The normalized spacial score (nSPS) is 17.7. The Balaban J connectivity index is 2.22. The Morgan fingerprint density at radius 1 is 1.11 bits per heavy atom. The molecule has 1 heterocycles. The van der Waals surface area contributed by atoms with E-state index < -0.39 is 0 Å². The van der Waals surface area contributed by atoms with E-state index in [1.165, 1.54) is 11.1 Å². The first-order valence-corrected chi connectivity index (χ1v) is 6.98. The molecule has 2 rings (SSSR count). The molecular formula is C16H24N2O. The highest BCUT2D eigenvalue weighted by molar-refractivity contribution is 5.80. The van der Waals surface area contributed by atoms with Crippen molar-refractivity contribution in [2.45, 2.75) is 27.3 Å². The molecule has 0 unspecified atom stereocenters. The van der Waals surface area contributed by atoms with Crippen molar-refractivity contribution in [3.8, 4) is 0 Å². The Hall–Kier alpha value is -1.19. The lowest BCUT2D eigenvalue weighted by Gasteiger charge is -2.33. The minimum atomic E-state index is 0.870. The molecule has 0 radical (unpaired) electrons. The van der Waals surface area contributed by atoms with Crippen LogP contribution in [0.25, 0.3) is 0 Å². The number of likely N-dealkylation sites (N-methyl/N-ethyl adjacent to an activating group) is 1. The van der Waals surface area contributed by atoms with Crippen LogP contribution in [0.2, 0.25) is 0 Å². The number of piperazine rings is 1. The van der Waals surface area contributed by atoms with Crippen LogP contribution < -0.4 is 0 Å². The van der Waals surface area contributed by atoms with E-state index >= 15 is 0 Å². The van der Waals surface area contributed by atoms with Crippen LogP contribution in [0.4, 0.5) is 0 Å². The van der Waals surface area contributed by atoms with Gasteiger partial charge in [-0.25, -0.2) is 0 Å². The van der Waals surface area contributed by atoms with E-state index in [-0.39, 0.29) is 0 Å². The number of hydrogen-bond acceptors (Lipinski definition) is 3. The van der Waals surface area contributed by atoms with Gasteiger partial charge in [0.05, 0.1) is 0 Å². The SMILES string of the molecule is Cc1cc(C)c(CN2CCN(C)CC2)c(C)c1C=O. The lowest BCUT2D eigenvalue weighted by atomic mass is 9.93. The summed E-state index contributed by atoms with van der Waals surface area (Å²) >= 11 is 0. The molecule has 1 fully saturated rings. The average Bonchev–Trinajstić information content (AvgIpc) is 2.37. The molecule has 0 N–H and O–H groups in total. The van der Waals surface area contributed by atoms with E-state index in [9.17, 15) is 4.79 Å². The number of hydrogen-bond donors (Lipinski definition) is 0. The molecule has 0 aliphatic carbocycles. The Kier molecular flexibility index (Phi) is 4.38. The minimum absolute atomic E-state index is 0.870. The fourth-order valence-corrected chi connectivity index (χ4v) is 2.90. The molecule has 1 aliphatic heterocycles. The molecule has 0 aromatic heterocycles. The number of nitrogens with zero attached hydrogens (tertiary/aromatic N) is 2. The van der Waals surface area contributed by atoms with E-state index in [2.05, 4.69) is 36.8 Å². The van der Waals surface area contributed by atoms with E-state index in [1.54, 1.807) is 0 Å². The summed E-state index contributed by atoms with van der Waals surface area (Å²) in [5.74, 6) is 0. The molecule has 1 aliphatic rings. The summed E-state index contributed by atoms with van der Waals surface area (Å²) in [5.41, 5.74) is 5.75. The van der Waals surface area contributed by atoms with Gasteiger partial charge in [-0.3, -0.25) is 9.69 Å². The molecule has 0 atom stereocenters. The van der Waals surface area contributed by atoms with Crippen LogP contribution in [-0.2, 0) is 6.54 Å². The highest BCUT2D eigenvalue weighted by Crippen LogP contribution is 2.22. The maximum absolute atomic E-state index is 11.2. The van der Waals surface area contributed by atoms with Gasteiger partial charge in [0.2, 0.25) is 0 Å². The zero-order chi connectivity index (χ0) is 14.0. The molecule has 0 amide bonds. The third-order valence-corrected chi connectivity index (χ3v) is 4.29. The molecular weight excluding hydrogens is 236 g/mol. The molecule has 1 aromatic carbocycles. The summed E-state index contributed by atoms with van der Waals surface area (Å²) in [6.07, 6.45) is 0.998. The van der Waals surface area contributed by atoms with Gasteiger partial charge in [0, 0.05) is 38.3 Å². The standard InChI is InChI=1S/C16H24N2O/c1-12-9-13(2)16(11-19)14(3)15(12)10-18-7-5-17(4)6-8-18/h9,11H,5-8,10H2,1-4H3. The van der Waals surface area contributed by atoms with Gasteiger partial charge in [-0.2, -0.15) is 0 Å². The predicted octanol–water partition coefficient (Wildman–Crippen LogP) is 2.17. The maximum Gasteiger partial charge on any atom is 0.150 e. The average molecular weight is 260 g/mol. The Labute approximate surface area is 116 Å². The molecule has 3 heteroatoms. The van der Waals surface area contributed by atoms with Crippen LogP contribution >= 0.6 is 0 Å². The third kappa shape index (κ3) is 3.04. The van der Waals surface area contributed by atoms with Crippen LogP contribution in [0.5, 0.6) is 0 Å². The lowest BCUT2D eigenvalue weighted by Crippen LogP contribution is -2.44. The van der Waals surface area contributed by atoms with Crippen molar-refractivity contribution < 1.29 is 4.79 Å². The topological polar surface area (TPSA) is 23.6 Å². The van der Waals surface area contributed by atoms with Crippen LogP contribution in [0.3, 0.4) is 0 Å². The van der Waals surface area contributed by atoms with Gasteiger partial charge in [0.25, 0.3) is 0 Å². The molecule has 0 saturated carbocycles. The summed E-state index contributed by atoms with van der Waals surface area (Å²) in [6.45, 7) is 11.7. The minimum Gasteiger partial charge on any atom is -0.304 e. The molecule has 0 spiro atoms. The summed E-state index contributed by atoms with van der Waals surface area (Å²) < 4.78 is 0. The van der Waals surface area contributed by atoms with Crippen LogP contribution in [0.1, 0.15) is 32.6 Å². The third-order valence-electron chi connectivity index (χ3n) is 4.29. The Morgan fingerprint density at radius 3 is 2.32 bits per heavy atom. The zero-order valence-corrected chi connectivity index (χ0v) is 12.5. The van der Waals surface area contributed by atoms with E-state index in [0.717, 1.165) is 55.7 Å². The molecule has 1 aromatic rings. The summed E-state index contributed by atoms with van der Waals surface area (Å²) in [7, 11) is 2.17. The monoisotopic (exact) mass is 260 g/mol. The number of carbonyl (C=O) groups is 1. The van der Waals surface area contributed by atoms with Crippen LogP contribution in [0, 0.1) is 20.8 Å². The van der Waals surface area contributed by atoms with Gasteiger partial charge in [0.1, 0.15) is 0 Å². The lowest BCUT2D eigenvalue weighted by molar-refractivity contribution is 0.112. The number of carbonyl (C=O) groups excluding carboxylic acids is 1. The van der Waals surface area contributed by atoms with Gasteiger partial charge >= 0.3 is 0 Å². The molecule has 104 valence electrons. The van der Waals surface area contributed by atoms with E-state index in [4.69, 9.17) is 0 Å². The van der Waals surface area contributed by atoms with Crippen LogP contribution in [-0.4, -0.2) is 49.3 Å². The smallest absolute Gasteiger partial charge is 0.150 e. The fourth-order valence-electron chi connectivity index (χ4n) is 2.90. The number of rotatable bonds is 3. The predicted molar refractivity (Wildman–Crippen MR) is 78.8 cm³/mol. The quantitative estimate of drug-likeness (QED) is 0.778. The highest BCUT2D eigenvalue weighted by Gasteiger charge is 2.17. The van der Waals surface area contributed by atoms with Crippen molar-refractivity contribution in [2.24, 2.45) is 0 Å². The fraction of sp³-hybridized carbons (Fsp3) is 0.562. The van der Waals surface area contributed by atoms with Gasteiger partial charge in [0.15, 0.2) is 6.29 Å². The number of aryl methyl sites for hydroxylation is 2. The molecule has 3 nitrogen and oxygen atoms in total. The zero-order valence-electron chi connectivity index (χ0n) is 12.5. The first-order valence-electron chi connectivity index (χ1n) is 6.98. The largest absolute Gasteiger partial charge is 0.304 e. The second-order valence-corrected chi connectivity index (χ2v) is 5.72. The van der Waals surface area contributed by atoms with Gasteiger partial charge in [-0.05, 0) is 50.1 Å². The first kappa shape index (κ1) is 14.2. The van der Waals surface area contributed by atoms with Gasteiger partial charge < -0.3 is 4.90 Å². The summed E-state index contributed by atoms with van der Waals surface area (Å²) in [4.78, 5) is 16.1. The van der Waals surface area contributed by atoms with Crippen molar-refractivity contribution in [1.29, 1.82) is 0 Å². The second-order valence-electron chi connectivity index (χ2n) is 5.72. The van der Waals surface area contributed by atoms with Crippen molar-refractivity contribution in [3.63, 3.8) is 0 Å². The number of benzene rings is 1. The van der Waals surface area contributed by atoms with Gasteiger partial charge in [-0.15, -0.1) is 0 Å². The molecule has 1 saturated heterocycles. The molecule has 19 heavy (non-hydrogen) atoms. The van der Waals surface area contributed by atoms with Crippen molar-refractivity contribution in [3.05, 3.63) is 33.9 Å². The maximum atomic E-state index is 11.2. The molecule has 0 bridgehead atoms. The Morgan fingerprint density at radius 2 is 1.74 bits per heavy atom.